The largest absolute Gasteiger partial charge is 0.462 e. The van der Waals surface area contributed by atoms with Crippen molar-refractivity contribution in [1.29, 1.82) is 0 Å². The van der Waals surface area contributed by atoms with Gasteiger partial charge < -0.3 is 18.9 Å². The summed E-state index contributed by atoms with van der Waals surface area (Å²) < 4.78 is 24.3. The fourth-order valence-corrected chi connectivity index (χ4v) is 8.01. The Hall–Kier alpha value is -0.300. The third-order valence-corrected chi connectivity index (χ3v) is 9.82. The number of carbonyl (C=O) groups excluding carboxylic acids is 1. The van der Waals surface area contributed by atoms with Crippen molar-refractivity contribution in [2.75, 3.05) is 25.8 Å². The summed E-state index contributed by atoms with van der Waals surface area (Å²) in [6, 6.07) is 0. The second-order valence-electron chi connectivity index (χ2n) is 11.1. The van der Waals surface area contributed by atoms with E-state index in [1.807, 2.05) is 0 Å². The molecule has 0 N–H and O–H groups in total. The van der Waals surface area contributed by atoms with Crippen molar-refractivity contribution in [2.45, 2.75) is 91.0 Å². The standard InChI is InChI=1S/C25H42O5S/c1-17-5-9-23(3,19(15-17)8-12-27-16-31)20-6-10-24(4)21(22(20)30-18(2)26)7-11-25(24)28-13-14-29-25/h17,19-22,31H,5-16H2,1-4H3/t17-,19-,20-,21-,22+,23-,24-/m0/s1. The van der Waals surface area contributed by atoms with Crippen LogP contribution in [0.25, 0.3) is 0 Å². The van der Waals surface area contributed by atoms with E-state index in [9.17, 15) is 4.79 Å². The summed E-state index contributed by atoms with van der Waals surface area (Å²) in [5.41, 5.74) is 0.0597. The molecule has 178 valence electrons. The number of fused-ring (bicyclic) bond motifs is 2. The van der Waals surface area contributed by atoms with Gasteiger partial charge in [-0.15, -0.1) is 0 Å². The average Bonchev–Trinajstić information content (AvgIpc) is 3.31. The maximum atomic E-state index is 12.3. The van der Waals surface area contributed by atoms with Gasteiger partial charge in [-0.25, -0.2) is 0 Å². The van der Waals surface area contributed by atoms with E-state index in [0.717, 1.165) is 44.6 Å². The minimum Gasteiger partial charge on any atom is -0.462 e. The van der Waals surface area contributed by atoms with Crippen LogP contribution in [0, 0.1) is 34.5 Å². The molecule has 4 aliphatic rings. The van der Waals surface area contributed by atoms with Gasteiger partial charge in [-0.05, 0) is 55.8 Å². The summed E-state index contributed by atoms with van der Waals surface area (Å²) in [5, 5.41) is 0. The van der Waals surface area contributed by atoms with Crippen LogP contribution in [-0.2, 0) is 23.7 Å². The van der Waals surface area contributed by atoms with Crippen LogP contribution in [0.1, 0.15) is 79.1 Å². The van der Waals surface area contributed by atoms with Crippen LogP contribution in [-0.4, -0.2) is 43.6 Å². The van der Waals surface area contributed by atoms with Crippen molar-refractivity contribution < 1.29 is 23.7 Å². The SMILES string of the molecule is CC(=O)O[C@@H]1[C@@H]([C@@]2(C)CC[C@H](C)C[C@@H]2CCOCS)CC[C@@]2(C)[C@H]1CCC21OCCO1. The van der Waals surface area contributed by atoms with Crippen LogP contribution in [0.15, 0.2) is 0 Å². The molecule has 4 rings (SSSR count). The van der Waals surface area contributed by atoms with E-state index < -0.39 is 5.79 Å². The minimum atomic E-state index is -0.483. The van der Waals surface area contributed by atoms with Crippen LogP contribution < -0.4 is 0 Å². The molecule has 1 spiro atoms. The smallest absolute Gasteiger partial charge is 0.302 e. The van der Waals surface area contributed by atoms with Gasteiger partial charge in [0, 0.05) is 37.2 Å². The first-order chi connectivity index (χ1) is 14.8. The molecule has 0 aromatic carbocycles. The summed E-state index contributed by atoms with van der Waals surface area (Å²) in [6.07, 6.45) is 8.73. The van der Waals surface area contributed by atoms with Crippen molar-refractivity contribution in [3.05, 3.63) is 0 Å². The lowest BCUT2D eigenvalue weighted by molar-refractivity contribution is -0.252. The van der Waals surface area contributed by atoms with Crippen molar-refractivity contribution in [2.24, 2.45) is 34.5 Å². The normalized spacial score (nSPS) is 44.4. The molecule has 3 aliphatic carbocycles. The van der Waals surface area contributed by atoms with Crippen LogP contribution in [0.2, 0.25) is 0 Å². The second-order valence-corrected chi connectivity index (χ2v) is 11.4. The molecule has 0 aromatic heterocycles. The fourth-order valence-electron chi connectivity index (χ4n) is 7.88. The molecule has 0 radical (unpaired) electrons. The molecular weight excluding hydrogens is 412 g/mol. The highest BCUT2D eigenvalue weighted by Crippen LogP contribution is 2.65. The Kier molecular flexibility index (Phi) is 7.04. The van der Waals surface area contributed by atoms with Crippen molar-refractivity contribution in [1.82, 2.24) is 0 Å². The highest BCUT2D eigenvalue weighted by molar-refractivity contribution is 7.80. The lowest BCUT2D eigenvalue weighted by Crippen LogP contribution is -2.58. The average molecular weight is 455 g/mol. The molecule has 1 aliphatic heterocycles. The van der Waals surface area contributed by atoms with E-state index >= 15 is 0 Å². The molecule has 1 heterocycles. The van der Waals surface area contributed by atoms with E-state index in [-0.39, 0.29) is 22.9 Å². The monoisotopic (exact) mass is 454 g/mol. The van der Waals surface area contributed by atoms with Gasteiger partial charge in [0.2, 0.25) is 0 Å². The van der Waals surface area contributed by atoms with Crippen LogP contribution in [0.5, 0.6) is 0 Å². The van der Waals surface area contributed by atoms with E-state index in [2.05, 4.69) is 33.4 Å². The van der Waals surface area contributed by atoms with Crippen LogP contribution in [0.4, 0.5) is 0 Å². The topological polar surface area (TPSA) is 54.0 Å². The first kappa shape index (κ1) is 23.8. The molecule has 31 heavy (non-hydrogen) atoms. The van der Waals surface area contributed by atoms with E-state index in [1.54, 1.807) is 6.92 Å². The summed E-state index contributed by atoms with van der Waals surface area (Å²) >= 11 is 4.22. The number of thiol groups is 1. The Morgan fingerprint density at radius 1 is 1.06 bits per heavy atom. The van der Waals surface area contributed by atoms with Gasteiger partial charge in [0.05, 0.1) is 19.2 Å². The van der Waals surface area contributed by atoms with Gasteiger partial charge in [0.15, 0.2) is 5.79 Å². The molecule has 5 nitrogen and oxygen atoms in total. The molecular formula is C25H42O5S. The molecule has 0 unspecified atom stereocenters. The van der Waals surface area contributed by atoms with Crippen molar-refractivity contribution in [3.8, 4) is 0 Å². The number of carbonyl (C=O) groups is 1. The summed E-state index contributed by atoms with van der Waals surface area (Å²) in [6.45, 7) is 10.9. The first-order valence-corrected chi connectivity index (χ1v) is 13.0. The van der Waals surface area contributed by atoms with E-state index in [0.29, 0.717) is 36.9 Å². The van der Waals surface area contributed by atoms with Crippen molar-refractivity contribution in [3.63, 3.8) is 0 Å². The number of ether oxygens (including phenoxy) is 4. The van der Waals surface area contributed by atoms with Gasteiger partial charge in [-0.3, -0.25) is 4.79 Å². The first-order valence-electron chi connectivity index (χ1n) is 12.4. The zero-order valence-corrected chi connectivity index (χ0v) is 20.8. The minimum absolute atomic E-state index is 0.0601. The van der Waals surface area contributed by atoms with Crippen molar-refractivity contribution >= 4 is 18.6 Å². The third-order valence-electron chi connectivity index (χ3n) is 9.64. The number of hydrogen-bond donors (Lipinski definition) is 1. The Morgan fingerprint density at radius 3 is 2.45 bits per heavy atom. The lowest BCUT2D eigenvalue weighted by atomic mass is 9.50. The lowest BCUT2D eigenvalue weighted by Gasteiger charge is -2.57. The van der Waals surface area contributed by atoms with Gasteiger partial charge in [-0.2, -0.15) is 12.6 Å². The van der Waals surface area contributed by atoms with E-state index in [1.165, 1.54) is 19.3 Å². The molecule has 0 bridgehead atoms. The maximum absolute atomic E-state index is 12.3. The summed E-state index contributed by atoms with van der Waals surface area (Å²) in [7, 11) is 0. The Morgan fingerprint density at radius 2 is 1.77 bits per heavy atom. The number of rotatable bonds is 6. The Balaban J connectivity index is 1.63. The van der Waals surface area contributed by atoms with Gasteiger partial charge in [0.1, 0.15) is 6.10 Å². The van der Waals surface area contributed by atoms with Crippen LogP contribution >= 0.6 is 12.6 Å². The highest BCUT2D eigenvalue weighted by atomic mass is 32.1. The molecule has 1 saturated heterocycles. The predicted molar refractivity (Wildman–Crippen MR) is 123 cm³/mol. The van der Waals surface area contributed by atoms with Gasteiger partial charge >= 0.3 is 5.97 Å². The molecule has 6 heteroatoms. The molecule has 3 saturated carbocycles. The zero-order chi connectivity index (χ0) is 22.3. The van der Waals surface area contributed by atoms with Crippen LogP contribution in [0.3, 0.4) is 0 Å². The molecule has 0 amide bonds. The Bertz CT molecular complexity index is 650. The quantitative estimate of drug-likeness (QED) is 0.258. The fraction of sp³-hybridized carbons (Fsp3) is 0.960. The summed E-state index contributed by atoms with van der Waals surface area (Å²) in [5.74, 6) is 1.82. The second kappa shape index (κ2) is 9.15. The molecule has 7 atom stereocenters. The van der Waals surface area contributed by atoms with Gasteiger partial charge in [0.25, 0.3) is 0 Å². The zero-order valence-electron chi connectivity index (χ0n) is 19.9. The number of hydrogen-bond acceptors (Lipinski definition) is 6. The molecule has 0 aromatic rings. The van der Waals surface area contributed by atoms with Gasteiger partial charge in [-0.1, -0.05) is 27.2 Å². The maximum Gasteiger partial charge on any atom is 0.302 e. The predicted octanol–water partition coefficient (Wildman–Crippen LogP) is 5.22. The Labute approximate surface area is 193 Å². The summed E-state index contributed by atoms with van der Waals surface area (Å²) in [4.78, 5) is 12.3. The highest BCUT2D eigenvalue weighted by Gasteiger charge is 2.67. The third kappa shape index (κ3) is 4.08. The van der Waals surface area contributed by atoms with E-state index in [4.69, 9.17) is 18.9 Å². The molecule has 4 fully saturated rings. The number of esters is 1.